The first-order chi connectivity index (χ1) is 11.0. The molecule has 0 atom stereocenters. The van der Waals surface area contributed by atoms with Crippen molar-refractivity contribution in [3.63, 3.8) is 0 Å². The van der Waals surface area contributed by atoms with Gasteiger partial charge in [-0.1, -0.05) is 36.4 Å². The number of nitrogens with two attached hydrogens (primary N) is 1. The molecule has 0 fully saturated rings. The summed E-state index contributed by atoms with van der Waals surface area (Å²) in [4.78, 5) is 0. The maximum Gasteiger partial charge on any atom is 0.604 e. The number of phosphoric acid groups is 1. The average molecular weight is 336 g/mol. The second-order valence-corrected chi connectivity index (χ2v) is 6.38. The summed E-state index contributed by atoms with van der Waals surface area (Å²) in [5, 5.41) is 0. The van der Waals surface area contributed by atoms with Gasteiger partial charge in [-0.15, -0.1) is 0 Å². The lowest BCUT2D eigenvalue weighted by atomic mass is 10.2. The number of hydrogen-bond acceptors (Lipinski definition) is 6. The standard InChI is InChI=1S/C16H21N2O4P/c1-13-7-3-5-9-15(13)20-23(19,22-18-12-11-17)21-16-10-6-4-8-14(16)2/h3-10,18H,11-12,17H2,1-2H3. The van der Waals surface area contributed by atoms with E-state index in [-0.39, 0.29) is 0 Å². The fourth-order valence-electron chi connectivity index (χ4n) is 1.80. The Morgan fingerprint density at radius 2 is 1.43 bits per heavy atom. The van der Waals surface area contributed by atoms with Gasteiger partial charge in [-0.25, -0.2) is 4.57 Å². The third kappa shape index (κ3) is 5.08. The zero-order chi connectivity index (χ0) is 16.7. The van der Waals surface area contributed by atoms with Gasteiger partial charge in [0.1, 0.15) is 11.5 Å². The van der Waals surface area contributed by atoms with Gasteiger partial charge in [0.25, 0.3) is 0 Å². The van der Waals surface area contributed by atoms with E-state index in [2.05, 4.69) is 5.48 Å². The summed E-state index contributed by atoms with van der Waals surface area (Å²) in [5.74, 6) is 0.859. The summed E-state index contributed by atoms with van der Waals surface area (Å²) in [7, 11) is -3.91. The molecule has 0 saturated heterocycles. The van der Waals surface area contributed by atoms with E-state index in [4.69, 9.17) is 19.4 Å². The molecule has 3 N–H and O–H groups in total. The van der Waals surface area contributed by atoms with E-state index in [0.29, 0.717) is 24.6 Å². The fourth-order valence-corrected chi connectivity index (χ4v) is 3.05. The van der Waals surface area contributed by atoms with Crippen molar-refractivity contribution in [3.05, 3.63) is 59.7 Å². The van der Waals surface area contributed by atoms with Crippen molar-refractivity contribution in [2.45, 2.75) is 13.8 Å². The lowest BCUT2D eigenvalue weighted by molar-refractivity contribution is 0.136. The summed E-state index contributed by atoms with van der Waals surface area (Å²) >= 11 is 0. The minimum absolute atomic E-state index is 0.318. The maximum atomic E-state index is 13.0. The van der Waals surface area contributed by atoms with Crippen LogP contribution in [0.1, 0.15) is 11.1 Å². The third-order valence-electron chi connectivity index (χ3n) is 3.03. The summed E-state index contributed by atoms with van der Waals surface area (Å²) in [6, 6.07) is 14.4. The molecule has 0 bridgehead atoms. The van der Waals surface area contributed by atoms with Crippen LogP contribution in [0.3, 0.4) is 0 Å². The quantitative estimate of drug-likeness (QED) is 0.437. The number of hydroxylamine groups is 1. The first kappa shape index (κ1) is 17.5. The highest BCUT2D eigenvalue weighted by atomic mass is 31.2. The molecule has 0 spiro atoms. The third-order valence-corrected chi connectivity index (χ3v) is 4.22. The Morgan fingerprint density at radius 1 is 0.957 bits per heavy atom. The number of phosphoric ester groups is 1. The Balaban J connectivity index is 2.23. The largest absolute Gasteiger partial charge is 0.604 e. The van der Waals surface area contributed by atoms with Crippen molar-refractivity contribution in [2.75, 3.05) is 13.1 Å². The first-order valence-electron chi connectivity index (χ1n) is 7.26. The van der Waals surface area contributed by atoms with E-state index in [1.54, 1.807) is 24.3 Å². The van der Waals surface area contributed by atoms with Crippen LogP contribution in [-0.2, 0) is 9.19 Å². The molecular formula is C16H21N2O4P. The molecule has 0 aliphatic heterocycles. The van der Waals surface area contributed by atoms with Crippen LogP contribution in [0.2, 0.25) is 0 Å². The van der Waals surface area contributed by atoms with E-state index in [1.165, 1.54) is 0 Å². The van der Waals surface area contributed by atoms with Crippen LogP contribution in [0.5, 0.6) is 11.5 Å². The fraction of sp³-hybridized carbons (Fsp3) is 0.250. The minimum atomic E-state index is -3.91. The van der Waals surface area contributed by atoms with Gasteiger partial charge in [-0.05, 0) is 37.1 Å². The number of rotatable bonds is 8. The van der Waals surface area contributed by atoms with E-state index in [1.807, 2.05) is 38.1 Å². The highest BCUT2D eigenvalue weighted by Crippen LogP contribution is 2.49. The molecule has 23 heavy (non-hydrogen) atoms. The average Bonchev–Trinajstić information content (AvgIpc) is 2.52. The SMILES string of the molecule is Cc1ccccc1OP(=O)(ONCCN)Oc1ccccc1C. The molecule has 6 nitrogen and oxygen atoms in total. The van der Waals surface area contributed by atoms with Crippen LogP contribution in [0, 0.1) is 13.8 Å². The molecule has 124 valence electrons. The van der Waals surface area contributed by atoms with E-state index >= 15 is 0 Å². The van der Waals surface area contributed by atoms with Crippen LogP contribution >= 0.6 is 7.82 Å². The second kappa shape index (κ2) is 8.13. The van der Waals surface area contributed by atoms with Crippen LogP contribution < -0.4 is 20.3 Å². The van der Waals surface area contributed by atoms with Crippen molar-refractivity contribution in [1.29, 1.82) is 0 Å². The molecule has 7 heteroatoms. The van der Waals surface area contributed by atoms with Gasteiger partial charge < -0.3 is 14.8 Å². The van der Waals surface area contributed by atoms with Gasteiger partial charge >= 0.3 is 7.82 Å². The summed E-state index contributed by atoms with van der Waals surface area (Å²) in [6.07, 6.45) is 0. The monoisotopic (exact) mass is 336 g/mol. The zero-order valence-corrected chi connectivity index (χ0v) is 14.1. The van der Waals surface area contributed by atoms with Crippen molar-refractivity contribution in [1.82, 2.24) is 5.48 Å². The topological polar surface area (TPSA) is 82.8 Å². The van der Waals surface area contributed by atoms with Gasteiger partial charge in [0, 0.05) is 13.1 Å². The van der Waals surface area contributed by atoms with Gasteiger partial charge in [-0.3, -0.25) is 0 Å². The van der Waals surface area contributed by atoms with Crippen molar-refractivity contribution < 1.29 is 18.2 Å². The maximum absolute atomic E-state index is 13.0. The molecule has 2 aromatic carbocycles. The summed E-state index contributed by atoms with van der Waals surface area (Å²) in [6.45, 7) is 4.34. The number of aryl methyl sites for hydroxylation is 2. The molecule has 2 aromatic rings. The van der Waals surface area contributed by atoms with Crippen molar-refractivity contribution in [2.24, 2.45) is 5.73 Å². The number of nitrogens with one attached hydrogen (secondary N) is 1. The van der Waals surface area contributed by atoms with E-state index in [0.717, 1.165) is 11.1 Å². The molecule has 0 aliphatic rings. The second-order valence-electron chi connectivity index (χ2n) is 4.94. The normalized spacial score (nSPS) is 11.3. The van der Waals surface area contributed by atoms with Gasteiger partial charge in [0.15, 0.2) is 0 Å². The van der Waals surface area contributed by atoms with Gasteiger partial charge in [0.05, 0.1) is 0 Å². The lowest BCUT2D eigenvalue weighted by Gasteiger charge is -2.20. The number of hydrogen-bond donors (Lipinski definition) is 2. The zero-order valence-electron chi connectivity index (χ0n) is 13.2. The Morgan fingerprint density at radius 3 is 1.87 bits per heavy atom. The van der Waals surface area contributed by atoms with Crippen LogP contribution in [0.15, 0.2) is 48.5 Å². The van der Waals surface area contributed by atoms with E-state index in [9.17, 15) is 4.57 Å². The molecule has 2 rings (SSSR count). The smallest absolute Gasteiger partial charge is 0.394 e. The predicted octanol–water partition coefficient (Wildman–Crippen LogP) is 3.35. The Labute approximate surface area is 136 Å². The molecule has 0 unspecified atom stereocenters. The molecule has 0 aliphatic carbocycles. The first-order valence-corrected chi connectivity index (χ1v) is 8.72. The molecule has 0 saturated carbocycles. The molecule has 0 heterocycles. The Bertz CT molecular complexity index is 642. The van der Waals surface area contributed by atoms with Crippen LogP contribution in [-0.4, -0.2) is 13.1 Å². The summed E-state index contributed by atoms with van der Waals surface area (Å²) in [5.41, 5.74) is 9.56. The highest BCUT2D eigenvalue weighted by Gasteiger charge is 2.32. The Hall–Kier alpha value is -1.85. The van der Waals surface area contributed by atoms with Crippen molar-refractivity contribution >= 4 is 7.82 Å². The number of benzene rings is 2. The lowest BCUT2D eigenvalue weighted by Crippen LogP contribution is -2.24. The van der Waals surface area contributed by atoms with Crippen LogP contribution in [0.4, 0.5) is 0 Å². The van der Waals surface area contributed by atoms with Gasteiger partial charge in [0.2, 0.25) is 0 Å². The molecular weight excluding hydrogens is 315 g/mol. The highest BCUT2D eigenvalue weighted by molar-refractivity contribution is 7.49. The van der Waals surface area contributed by atoms with Crippen molar-refractivity contribution in [3.8, 4) is 11.5 Å². The molecule has 0 amide bonds. The number of para-hydroxylation sites is 2. The molecule has 0 radical (unpaired) electrons. The molecule has 0 aromatic heterocycles. The van der Waals surface area contributed by atoms with Gasteiger partial charge in [-0.2, -0.15) is 10.1 Å². The summed E-state index contributed by atoms with van der Waals surface area (Å²) < 4.78 is 29.2. The van der Waals surface area contributed by atoms with Crippen LogP contribution in [0.25, 0.3) is 0 Å². The Kier molecular flexibility index (Phi) is 6.19. The minimum Gasteiger partial charge on any atom is -0.394 e. The predicted molar refractivity (Wildman–Crippen MR) is 89.4 cm³/mol. The van der Waals surface area contributed by atoms with E-state index < -0.39 is 7.82 Å².